The fourth-order valence-electron chi connectivity index (χ4n) is 1.91. The van der Waals surface area contributed by atoms with Crippen molar-refractivity contribution in [2.75, 3.05) is 0 Å². The molecule has 0 bridgehead atoms. The minimum Gasteiger partial charge on any atom is -0.481 e. The van der Waals surface area contributed by atoms with Crippen molar-refractivity contribution in [3.8, 4) is 0 Å². The number of carboxylic acid groups (broad SMARTS) is 1. The quantitative estimate of drug-likeness (QED) is 0.829. The molecule has 2 rings (SSSR count). The SMILES string of the molecule is O=C(NC1C=CC(C(=O)O)C1)c1ccc(Cl)cc1Br. The van der Waals surface area contributed by atoms with Gasteiger partial charge in [-0.05, 0) is 40.5 Å². The molecule has 6 heteroatoms. The molecule has 4 nitrogen and oxygen atoms in total. The van der Waals surface area contributed by atoms with Crippen molar-refractivity contribution in [3.63, 3.8) is 0 Å². The minimum absolute atomic E-state index is 0.254. The summed E-state index contributed by atoms with van der Waals surface area (Å²) in [5.41, 5.74) is 0.469. The van der Waals surface area contributed by atoms with Crippen LogP contribution in [0.2, 0.25) is 5.02 Å². The number of aliphatic carboxylic acids is 1. The van der Waals surface area contributed by atoms with E-state index in [-0.39, 0.29) is 11.9 Å². The third-order valence-electron chi connectivity index (χ3n) is 2.89. The highest BCUT2D eigenvalue weighted by Crippen LogP contribution is 2.23. The fraction of sp³-hybridized carbons (Fsp3) is 0.231. The summed E-state index contributed by atoms with van der Waals surface area (Å²) in [7, 11) is 0. The average molecular weight is 345 g/mol. The minimum atomic E-state index is -0.874. The number of carbonyl (C=O) groups is 2. The predicted octanol–water partition coefficient (Wildman–Crippen LogP) is 2.86. The van der Waals surface area contributed by atoms with Crippen molar-refractivity contribution >= 4 is 39.4 Å². The number of hydrogen-bond acceptors (Lipinski definition) is 2. The molecule has 2 unspecified atom stereocenters. The topological polar surface area (TPSA) is 66.4 Å². The lowest BCUT2D eigenvalue weighted by molar-refractivity contribution is -0.140. The van der Waals surface area contributed by atoms with E-state index in [4.69, 9.17) is 16.7 Å². The zero-order chi connectivity index (χ0) is 14.0. The molecule has 0 spiro atoms. The van der Waals surface area contributed by atoms with E-state index in [0.717, 1.165) is 0 Å². The van der Waals surface area contributed by atoms with Crippen LogP contribution in [0.15, 0.2) is 34.8 Å². The van der Waals surface area contributed by atoms with Gasteiger partial charge in [-0.25, -0.2) is 0 Å². The van der Waals surface area contributed by atoms with Crippen LogP contribution in [-0.4, -0.2) is 23.0 Å². The molecule has 1 aromatic carbocycles. The van der Waals surface area contributed by atoms with E-state index in [1.54, 1.807) is 30.4 Å². The number of carboxylic acids is 1. The fourth-order valence-corrected chi connectivity index (χ4v) is 2.77. The van der Waals surface area contributed by atoms with E-state index >= 15 is 0 Å². The molecule has 0 heterocycles. The summed E-state index contributed by atoms with van der Waals surface area (Å²) in [5, 5.41) is 12.2. The van der Waals surface area contributed by atoms with Crippen molar-refractivity contribution in [2.45, 2.75) is 12.5 Å². The van der Waals surface area contributed by atoms with Crippen molar-refractivity contribution < 1.29 is 14.7 Å². The van der Waals surface area contributed by atoms with Gasteiger partial charge in [0.25, 0.3) is 5.91 Å². The van der Waals surface area contributed by atoms with Crippen molar-refractivity contribution in [3.05, 3.63) is 45.4 Å². The third kappa shape index (κ3) is 3.36. The Morgan fingerprint density at radius 2 is 2.11 bits per heavy atom. The average Bonchev–Trinajstić information content (AvgIpc) is 2.77. The first kappa shape index (κ1) is 14.1. The molecule has 0 radical (unpaired) electrons. The summed E-state index contributed by atoms with van der Waals surface area (Å²) in [4.78, 5) is 22.9. The van der Waals surface area contributed by atoms with E-state index in [0.29, 0.717) is 21.5 Å². The Labute approximate surface area is 123 Å². The maximum Gasteiger partial charge on any atom is 0.310 e. The van der Waals surface area contributed by atoms with Crippen LogP contribution in [-0.2, 0) is 4.79 Å². The molecule has 1 aliphatic carbocycles. The number of benzene rings is 1. The summed E-state index contributed by atoms with van der Waals surface area (Å²) in [6.45, 7) is 0. The van der Waals surface area contributed by atoms with Gasteiger partial charge < -0.3 is 10.4 Å². The largest absolute Gasteiger partial charge is 0.481 e. The van der Waals surface area contributed by atoms with Gasteiger partial charge in [-0.1, -0.05) is 23.8 Å². The molecule has 1 aromatic rings. The number of halogens is 2. The van der Waals surface area contributed by atoms with E-state index in [2.05, 4.69) is 21.2 Å². The number of rotatable bonds is 3. The maximum absolute atomic E-state index is 12.0. The summed E-state index contributed by atoms with van der Waals surface area (Å²) in [6.07, 6.45) is 3.69. The molecule has 0 aliphatic heterocycles. The Kier molecular flexibility index (Phi) is 4.27. The van der Waals surface area contributed by atoms with Gasteiger partial charge in [-0.15, -0.1) is 0 Å². The van der Waals surface area contributed by atoms with Gasteiger partial charge in [-0.2, -0.15) is 0 Å². The Morgan fingerprint density at radius 1 is 1.37 bits per heavy atom. The van der Waals surface area contributed by atoms with Gasteiger partial charge in [0.1, 0.15) is 0 Å². The zero-order valence-corrected chi connectivity index (χ0v) is 12.1. The number of hydrogen-bond donors (Lipinski definition) is 2. The molecule has 0 fully saturated rings. The van der Waals surface area contributed by atoms with Gasteiger partial charge in [-0.3, -0.25) is 9.59 Å². The van der Waals surface area contributed by atoms with Crippen LogP contribution in [0.5, 0.6) is 0 Å². The number of carbonyl (C=O) groups excluding carboxylic acids is 1. The van der Waals surface area contributed by atoms with Crippen molar-refractivity contribution in [1.82, 2.24) is 5.32 Å². The second-order valence-electron chi connectivity index (χ2n) is 4.27. The van der Waals surface area contributed by atoms with Crippen LogP contribution < -0.4 is 5.32 Å². The van der Waals surface area contributed by atoms with Gasteiger partial charge in [0.15, 0.2) is 0 Å². The smallest absolute Gasteiger partial charge is 0.310 e. The molecule has 1 aliphatic rings. The van der Waals surface area contributed by atoms with E-state index in [9.17, 15) is 9.59 Å². The van der Waals surface area contributed by atoms with Crippen LogP contribution in [0.25, 0.3) is 0 Å². The standard InChI is InChI=1S/C13H11BrClNO3/c14-11-6-8(15)2-4-10(11)12(17)16-9-3-1-7(5-9)13(18)19/h1-4,6-7,9H,5H2,(H,16,17)(H,18,19). The highest BCUT2D eigenvalue weighted by molar-refractivity contribution is 9.10. The van der Waals surface area contributed by atoms with E-state index in [1.165, 1.54) is 0 Å². The Hall–Kier alpha value is -1.33. The zero-order valence-electron chi connectivity index (χ0n) is 9.77. The molecule has 2 N–H and O–H groups in total. The molecule has 0 aromatic heterocycles. The molecule has 100 valence electrons. The van der Waals surface area contributed by atoms with Gasteiger partial charge >= 0.3 is 5.97 Å². The molecule has 19 heavy (non-hydrogen) atoms. The second kappa shape index (κ2) is 5.75. The highest BCUT2D eigenvalue weighted by Gasteiger charge is 2.25. The van der Waals surface area contributed by atoms with Crippen molar-refractivity contribution in [2.24, 2.45) is 5.92 Å². The summed E-state index contributed by atoms with van der Waals surface area (Å²) >= 11 is 9.08. The van der Waals surface area contributed by atoms with E-state index < -0.39 is 11.9 Å². The van der Waals surface area contributed by atoms with Crippen LogP contribution in [0.3, 0.4) is 0 Å². The molecular formula is C13H11BrClNO3. The Bertz CT molecular complexity index is 559. The van der Waals surface area contributed by atoms with Gasteiger partial charge in [0.05, 0.1) is 11.5 Å². The van der Waals surface area contributed by atoms with Crippen molar-refractivity contribution in [1.29, 1.82) is 0 Å². The lowest BCUT2D eigenvalue weighted by Crippen LogP contribution is -2.33. The lowest BCUT2D eigenvalue weighted by Gasteiger charge is -2.13. The normalized spacial score (nSPS) is 21.4. The van der Waals surface area contributed by atoms with Gasteiger partial charge in [0.2, 0.25) is 0 Å². The molecular weight excluding hydrogens is 334 g/mol. The summed E-state index contributed by atoms with van der Waals surface area (Å²) in [5.74, 6) is -1.66. The first-order valence-corrected chi connectivity index (χ1v) is 6.81. The first-order valence-electron chi connectivity index (χ1n) is 5.64. The van der Waals surface area contributed by atoms with E-state index in [1.807, 2.05) is 0 Å². The number of nitrogens with one attached hydrogen (secondary N) is 1. The monoisotopic (exact) mass is 343 g/mol. The van der Waals surface area contributed by atoms with Crippen LogP contribution in [0, 0.1) is 5.92 Å². The Morgan fingerprint density at radius 3 is 2.68 bits per heavy atom. The number of amides is 1. The highest BCUT2D eigenvalue weighted by atomic mass is 79.9. The molecule has 0 saturated heterocycles. The summed E-state index contributed by atoms with van der Waals surface area (Å²) < 4.78 is 0.606. The third-order valence-corrected chi connectivity index (χ3v) is 3.78. The molecule has 0 saturated carbocycles. The lowest BCUT2D eigenvalue weighted by atomic mass is 10.1. The first-order chi connectivity index (χ1) is 8.97. The molecule has 1 amide bonds. The van der Waals surface area contributed by atoms with Crippen LogP contribution in [0.1, 0.15) is 16.8 Å². The molecule has 2 atom stereocenters. The predicted molar refractivity (Wildman–Crippen MR) is 75.3 cm³/mol. The van der Waals surface area contributed by atoms with Gasteiger partial charge in [0, 0.05) is 15.5 Å². The Balaban J connectivity index is 2.03. The second-order valence-corrected chi connectivity index (χ2v) is 5.56. The maximum atomic E-state index is 12.0. The summed E-state index contributed by atoms with van der Waals surface area (Å²) in [6, 6.07) is 4.64. The van der Waals surface area contributed by atoms with Crippen LogP contribution >= 0.6 is 27.5 Å². The van der Waals surface area contributed by atoms with Crippen LogP contribution in [0.4, 0.5) is 0 Å².